The molecule has 0 aromatic carbocycles. The Bertz CT molecular complexity index is 600. The van der Waals surface area contributed by atoms with Gasteiger partial charge >= 0.3 is 0 Å². The lowest BCUT2D eigenvalue weighted by molar-refractivity contribution is 0.127. The molecule has 3 heterocycles. The number of rotatable bonds is 4. The first-order valence-electron chi connectivity index (χ1n) is 6.58. The number of hydrogen-bond acceptors (Lipinski definition) is 5. The van der Waals surface area contributed by atoms with Crippen LogP contribution in [0.15, 0.2) is 29.8 Å². The highest BCUT2D eigenvalue weighted by molar-refractivity contribution is 7.84. The van der Waals surface area contributed by atoms with Crippen molar-refractivity contribution in [2.45, 2.75) is 30.5 Å². The number of hydrogen-bond donors (Lipinski definition) is 0. The van der Waals surface area contributed by atoms with Crippen LogP contribution < -0.4 is 0 Å². The minimum absolute atomic E-state index is 0.0877. The van der Waals surface area contributed by atoms with E-state index in [0.717, 1.165) is 22.8 Å². The Hall–Kier alpha value is -1.11. The molecular weight excluding hydrogens is 292 g/mol. The molecule has 20 heavy (non-hydrogen) atoms. The molecule has 3 atom stereocenters. The van der Waals surface area contributed by atoms with E-state index in [1.807, 2.05) is 30.5 Å². The van der Waals surface area contributed by atoms with E-state index in [1.165, 1.54) is 0 Å². The standard InChI is InChI=1S/C14H16N2O2S2/c1-10-13(5-7-18-10)20(17)9-11-8-19-14(16-11)12-4-2-3-6-15-12/h2-4,6,8,10,13H,5,7,9H2,1H3/t10-,13-,20+/m1/s1. The van der Waals surface area contributed by atoms with Gasteiger partial charge in [-0.25, -0.2) is 4.98 Å². The highest BCUT2D eigenvalue weighted by atomic mass is 32.2. The summed E-state index contributed by atoms with van der Waals surface area (Å²) in [6, 6.07) is 5.76. The molecule has 106 valence electrons. The maximum Gasteiger partial charge on any atom is 0.142 e. The molecule has 0 aliphatic carbocycles. The number of ether oxygens (including phenoxy) is 1. The molecule has 0 amide bonds. The molecule has 1 saturated heterocycles. The molecule has 3 rings (SSSR count). The summed E-state index contributed by atoms with van der Waals surface area (Å²) >= 11 is 1.55. The second-order valence-electron chi connectivity index (χ2n) is 4.79. The SMILES string of the molecule is C[C@H]1OCC[C@H]1[S@@](=O)Cc1csc(-c2ccccn2)n1. The maximum absolute atomic E-state index is 12.4. The number of nitrogens with zero attached hydrogens (tertiary/aromatic N) is 2. The van der Waals surface area contributed by atoms with E-state index in [2.05, 4.69) is 9.97 Å². The Balaban J connectivity index is 1.70. The van der Waals surface area contributed by atoms with Crippen molar-refractivity contribution in [2.75, 3.05) is 6.61 Å². The molecular formula is C14H16N2O2S2. The van der Waals surface area contributed by atoms with Gasteiger partial charge in [-0.15, -0.1) is 11.3 Å². The zero-order valence-electron chi connectivity index (χ0n) is 11.2. The molecule has 0 spiro atoms. The van der Waals surface area contributed by atoms with Crippen molar-refractivity contribution in [1.29, 1.82) is 0 Å². The number of aromatic nitrogens is 2. The van der Waals surface area contributed by atoms with Crippen LogP contribution >= 0.6 is 11.3 Å². The lowest BCUT2D eigenvalue weighted by atomic mass is 10.3. The topological polar surface area (TPSA) is 52.1 Å². The second-order valence-corrected chi connectivity index (χ2v) is 7.30. The van der Waals surface area contributed by atoms with Crippen LogP contribution in [0.1, 0.15) is 19.0 Å². The van der Waals surface area contributed by atoms with Crippen molar-refractivity contribution in [3.8, 4) is 10.7 Å². The van der Waals surface area contributed by atoms with Gasteiger partial charge in [-0.2, -0.15) is 0 Å². The van der Waals surface area contributed by atoms with Crippen molar-refractivity contribution in [3.63, 3.8) is 0 Å². The monoisotopic (exact) mass is 308 g/mol. The van der Waals surface area contributed by atoms with Gasteiger partial charge in [-0.3, -0.25) is 9.19 Å². The molecule has 0 bridgehead atoms. The third-order valence-corrected chi connectivity index (χ3v) is 6.16. The van der Waals surface area contributed by atoms with Gasteiger partial charge in [0.1, 0.15) is 5.01 Å². The van der Waals surface area contributed by atoms with Crippen molar-refractivity contribution >= 4 is 22.1 Å². The van der Waals surface area contributed by atoms with E-state index < -0.39 is 10.8 Å². The predicted octanol–water partition coefficient (Wildman–Crippen LogP) is 2.63. The Kier molecular flexibility index (Phi) is 4.24. The smallest absolute Gasteiger partial charge is 0.142 e. The third-order valence-electron chi connectivity index (χ3n) is 3.37. The molecule has 0 saturated carbocycles. The normalized spacial score (nSPS) is 23.9. The Morgan fingerprint density at radius 1 is 1.50 bits per heavy atom. The van der Waals surface area contributed by atoms with Gasteiger partial charge in [-0.1, -0.05) is 6.07 Å². The molecule has 2 aromatic rings. The lowest BCUT2D eigenvalue weighted by Gasteiger charge is -2.12. The molecule has 2 aromatic heterocycles. The zero-order valence-corrected chi connectivity index (χ0v) is 12.8. The lowest BCUT2D eigenvalue weighted by Crippen LogP contribution is -2.24. The highest BCUT2D eigenvalue weighted by Gasteiger charge is 2.29. The first-order valence-corrected chi connectivity index (χ1v) is 8.85. The number of thiazole rings is 1. The van der Waals surface area contributed by atoms with E-state index in [9.17, 15) is 4.21 Å². The zero-order chi connectivity index (χ0) is 13.9. The molecule has 6 heteroatoms. The van der Waals surface area contributed by atoms with Crippen LogP contribution in [0.2, 0.25) is 0 Å². The van der Waals surface area contributed by atoms with Gasteiger partial charge in [0.05, 0.1) is 28.5 Å². The van der Waals surface area contributed by atoms with Crippen LogP contribution in [-0.2, 0) is 21.3 Å². The van der Waals surface area contributed by atoms with Crippen molar-refractivity contribution in [2.24, 2.45) is 0 Å². The van der Waals surface area contributed by atoms with Gasteiger partial charge in [0, 0.05) is 29.0 Å². The third kappa shape index (κ3) is 2.97. The number of pyridine rings is 1. The van der Waals surface area contributed by atoms with Gasteiger partial charge < -0.3 is 4.74 Å². The van der Waals surface area contributed by atoms with Crippen molar-refractivity contribution in [1.82, 2.24) is 9.97 Å². The fraction of sp³-hybridized carbons (Fsp3) is 0.429. The summed E-state index contributed by atoms with van der Waals surface area (Å²) in [5.74, 6) is 0.502. The van der Waals surface area contributed by atoms with E-state index in [0.29, 0.717) is 12.4 Å². The van der Waals surface area contributed by atoms with Crippen LogP contribution in [-0.4, -0.2) is 32.1 Å². The summed E-state index contributed by atoms with van der Waals surface area (Å²) in [6.45, 7) is 2.71. The molecule has 0 radical (unpaired) electrons. The summed E-state index contributed by atoms with van der Waals surface area (Å²) < 4.78 is 17.8. The van der Waals surface area contributed by atoms with E-state index in [4.69, 9.17) is 4.74 Å². The van der Waals surface area contributed by atoms with Gasteiger partial charge in [0.2, 0.25) is 0 Å². The fourth-order valence-electron chi connectivity index (χ4n) is 2.29. The molecule has 1 fully saturated rings. The van der Waals surface area contributed by atoms with Crippen LogP contribution in [0.3, 0.4) is 0 Å². The van der Waals surface area contributed by atoms with Crippen molar-refractivity contribution < 1.29 is 8.95 Å². The average Bonchev–Trinajstić information content (AvgIpc) is 3.09. The largest absolute Gasteiger partial charge is 0.377 e. The van der Waals surface area contributed by atoms with Crippen LogP contribution in [0.4, 0.5) is 0 Å². The predicted molar refractivity (Wildman–Crippen MR) is 81.0 cm³/mol. The van der Waals surface area contributed by atoms with E-state index >= 15 is 0 Å². The summed E-state index contributed by atoms with van der Waals surface area (Å²) in [6.07, 6.45) is 2.72. The molecule has 1 aliphatic heterocycles. The summed E-state index contributed by atoms with van der Waals surface area (Å²) in [4.78, 5) is 8.82. The second kappa shape index (κ2) is 6.11. The fourth-order valence-corrected chi connectivity index (χ4v) is 4.71. The van der Waals surface area contributed by atoms with Crippen LogP contribution in [0, 0.1) is 0 Å². The minimum atomic E-state index is -0.921. The molecule has 4 nitrogen and oxygen atoms in total. The molecule has 0 unspecified atom stereocenters. The first kappa shape index (κ1) is 13.9. The Morgan fingerprint density at radius 2 is 2.40 bits per heavy atom. The van der Waals surface area contributed by atoms with E-state index in [1.54, 1.807) is 17.5 Å². The maximum atomic E-state index is 12.4. The molecule has 0 N–H and O–H groups in total. The van der Waals surface area contributed by atoms with Crippen LogP contribution in [0.25, 0.3) is 10.7 Å². The molecule has 1 aliphatic rings. The highest BCUT2D eigenvalue weighted by Crippen LogP contribution is 2.25. The first-order chi connectivity index (χ1) is 9.74. The minimum Gasteiger partial charge on any atom is -0.377 e. The van der Waals surface area contributed by atoms with Gasteiger partial charge in [-0.05, 0) is 25.5 Å². The van der Waals surface area contributed by atoms with Crippen molar-refractivity contribution in [3.05, 3.63) is 35.5 Å². The Morgan fingerprint density at radius 3 is 3.10 bits per heavy atom. The van der Waals surface area contributed by atoms with Crippen LogP contribution in [0.5, 0.6) is 0 Å². The Labute approximate surface area is 124 Å². The summed E-state index contributed by atoms with van der Waals surface area (Å²) in [5.41, 5.74) is 1.75. The summed E-state index contributed by atoms with van der Waals surface area (Å²) in [7, 11) is -0.921. The van der Waals surface area contributed by atoms with E-state index in [-0.39, 0.29) is 11.4 Å². The van der Waals surface area contributed by atoms with Gasteiger partial charge in [0.25, 0.3) is 0 Å². The quantitative estimate of drug-likeness (QED) is 0.871. The summed E-state index contributed by atoms with van der Waals surface area (Å²) in [5, 5.41) is 2.99. The van der Waals surface area contributed by atoms with Gasteiger partial charge in [0.15, 0.2) is 0 Å². The average molecular weight is 308 g/mol.